The third kappa shape index (κ3) is 3.10. The van der Waals surface area contributed by atoms with Crippen LogP contribution in [0.15, 0.2) is 47.5 Å². The average Bonchev–Trinajstić information content (AvgIpc) is 2.99. The Balaban J connectivity index is 2.12. The number of pyridine rings is 2. The van der Waals surface area contributed by atoms with Gasteiger partial charge in [0.1, 0.15) is 23.1 Å². The van der Waals surface area contributed by atoms with Crippen LogP contribution in [-0.4, -0.2) is 25.6 Å². The fraction of sp³-hybridized carbons (Fsp3) is 0.0952. The Hall–Kier alpha value is -4.01. The van der Waals surface area contributed by atoms with Gasteiger partial charge >= 0.3 is 5.97 Å². The van der Waals surface area contributed by atoms with Crippen LogP contribution in [0.1, 0.15) is 21.6 Å². The first-order valence-corrected chi connectivity index (χ1v) is 8.91. The van der Waals surface area contributed by atoms with E-state index in [9.17, 15) is 23.5 Å². The minimum absolute atomic E-state index is 0.0569. The zero-order chi connectivity index (χ0) is 21.6. The number of hydrogen-bond acceptors (Lipinski definition) is 4. The molecule has 3 aromatic heterocycles. The van der Waals surface area contributed by atoms with Gasteiger partial charge in [-0.3, -0.25) is 4.79 Å². The smallest absolute Gasteiger partial charge is 0.353 e. The highest BCUT2D eigenvalue weighted by Gasteiger charge is 2.26. The van der Waals surface area contributed by atoms with E-state index in [1.54, 1.807) is 6.07 Å². The van der Waals surface area contributed by atoms with Crippen molar-refractivity contribution in [2.45, 2.75) is 13.5 Å². The predicted molar refractivity (Wildman–Crippen MR) is 107 cm³/mol. The lowest BCUT2D eigenvalue weighted by molar-refractivity contribution is 0.0687. The molecule has 152 valence electrons. The number of benzene rings is 1. The van der Waals surface area contributed by atoms with Gasteiger partial charge in [0.25, 0.3) is 5.56 Å². The molecule has 0 aliphatic carbocycles. The Kier molecular flexibility index (Phi) is 4.57. The first-order valence-electron chi connectivity index (χ1n) is 8.91. The van der Waals surface area contributed by atoms with E-state index in [0.717, 1.165) is 6.20 Å². The molecule has 0 saturated heterocycles. The normalized spacial score (nSPS) is 11.2. The molecule has 0 atom stereocenters. The lowest BCUT2D eigenvalue weighted by atomic mass is 10.0. The quantitative estimate of drug-likeness (QED) is 0.478. The van der Waals surface area contributed by atoms with Gasteiger partial charge < -0.3 is 20.4 Å². The van der Waals surface area contributed by atoms with Crippen molar-refractivity contribution in [2.24, 2.45) is 0 Å². The number of anilines is 1. The third-order valence-corrected chi connectivity index (χ3v) is 4.92. The number of nitrogens with two attached hydrogens (primary N) is 1. The summed E-state index contributed by atoms with van der Waals surface area (Å²) in [5, 5.41) is 10.3. The molecule has 0 amide bonds. The number of nitrogen functional groups attached to an aromatic ring is 1. The number of carbonyl (C=O) groups is 1. The molecule has 0 radical (unpaired) electrons. The second-order valence-corrected chi connectivity index (χ2v) is 6.85. The summed E-state index contributed by atoms with van der Waals surface area (Å²) in [5.41, 5.74) is 5.69. The van der Waals surface area contributed by atoms with Crippen molar-refractivity contribution >= 4 is 22.7 Å². The van der Waals surface area contributed by atoms with Gasteiger partial charge in [-0.15, -0.1) is 0 Å². The van der Waals surface area contributed by atoms with Gasteiger partial charge in [-0.25, -0.2) is 18.6 Å². The van der Waals surface area contributed by atoms with Crippen molar-refractivity contribution in [1.29, 1.82) is 0 Å². The fourth-order valence-corrected chi connectivity index (χ4v) is 3.55. The Bertz CT molecular complexity index is 1370. The molecule has 0 fully saturated rings. The van der Waals surface area contributed by atoms with Crippen LogP contribution in [0.4, 0.5) is 14.6 Å². The Labute approximate surface area is 168 Å². The summed E-state index contributed by atoms with van der Waals surface area (Å²) in [7, 11) is 0. The molecular weight excluding hydrogens is 394 g/mol. The van der Waals surface area contributed by atoms with Crippen LogP contribution in [-0.2, 0) is 6.54 Å². The molecule has 0 bridgehead atoms. The summed E-state index contributed by atoms with van der Waals surface area (Å²) >= 11 is 0. The predicted octanol–water partition coefficient (Wildman–Crippen LogP) is 3.31. The summed E-state index contributed by atoms with van der Waals surface area (Å²) < 4.78 is 30.0. The number of fused-ring (bicyclic) bond motifs is 1. The van der Waals surface area contributed by atoms with E-state index in [4.69, 9.17) is 5.73 Å². The Morgan fingerprint density at radius 1 is 1.27 bits per heavy atom. The van der Waals surface area contributed by atoms with Crippen molar-refractivity contribution in [2.75, 3.05) is 5.73 Å². The maximum Gasteiger partial charge on any atom is 0.353 e. The van der Waals surface area contributed by atoms with E-state index >= 15 is 0 Å². The molecular formula is C21H16F2N4O3. The molecule has 9 heteroatoms. The topological polar surface area (TPSA) is 114 Å². The minimum Gasteiger partial charge on any atom is -0.477 e. The number of aromatic carboxylic acids is 1. The van der Waals surface area contributed by atoms with E-state index in [0.29, 0.717) is 5.39 Å². The van der Waals surface area contributed by atoms with Gasteiger partial charge in [-0.05, 0) is 42.8 Å². The molecule has 0 aliphatic heterocycles. The van der Waals surface area contributed by atoms with Crippen LogP contribution in [0.5, 0.6) is 0 Å². The van der Waals surface area contributed by atoms with Crippen LogP contribution in [0, 0.1) is 18.6 Å². The van der Waals surface area contributed by atoms with E-state index in [2.05, 4.69) is 9.97 Å². The van der Waals surface area contributed by atoms with Crippen molar-refractivity contribution < 1.29 is 18.7 Å². The monoisotopic (exact) mass is 410 g/mol. The van der Waals surface area contributed by atoms with Gasteiger partial charge in [-0.2, -0.15) is 0 Å². The third-order valence-electron chi connectivity index (χ3n) is 4.92. The summed E-state index contributed by atoms with van der Waals surface area (Å²) in [6.07, 6.45) is 2.36. The van der Waals surface area contributed by atoms with Gasteiger partial charge in [0.2, 0.25) is 0 Å². The molecule has 30 heavy (non-hydrogen) atoms. The van der Waals surface area contributed by atoms with E-state index in [1.807, 2.05) is 0 Å². The largest absolute Gasteiger partial charge is 0.477 e. The first-order chi connectivity index (χ1) is 14.3. The van der Waals surface area contributed by atoms with Crippen molar-refractivity contribution in [3.05, 3.63) is 81.5 Å². The molecule has 4 N–H and O–H groups in total. The van der Waals surface area contributed by atoms with E-state index in [1.165, 1.54) is 42.0 Å². The van der Waals surface area contributed by atoms with E-state index < -0.39 is 23.2 Å². The molecule has 4 aromatic rings. The number of carboxylic acids is 1. The number of hydrogen-bond donors (Lipinski definition) is 3. The maximum absolute atomic E-state index is 14.4. The number of aromatic nitrogens is 3. The molecule has 1 aromatic carbocycles. The minimum atomic E-state index is -1.34. The van der Waals surface area contributed by atoms with Crippen molar-refractivity contribution in [3.63, 3.8) is 0 Å². The lowest BCUT2D eigenvalue weighted by Crippen LogP contribution is -2.14. The summed E-state index contributed by atoms with van der Waals surface area (Å²) in [6, 6.07) is 6.98. The standard InChI is InChI=1S/C21H16F2N4O3/c1-10-5-13-16(7-14(10)22)27(9-11-6-17(24)26-8-15(11)23)19(21(29)30)18(13)12-3-2-4-25-20(12)28/h2-8H,9H2,1H3,(H2,24,26)(H,25,28)(H,29,30). The number of aromatic amines is 1. The maximum atomic E-state index is 14.4. The van der Waals surface area contributed by atoms with Gasteiger partial charge in [0.05, 0.1) is 18.3 Å². The Morgan fingerprint density at radius 3 is 2.73 bits per heavy atom. The number of nitrogens with one attached hydrogen (secondary N) is 1. The number of halogens is 2. The second-order valence-electron chi connectivity index (χ2n) is 6.85. The molecule has 0 saturated carbocycles. The van der Waals surface area contributed by atoms with Crippen LogP contribution < -0.4 is 11.3 Å². The number of aryl methyl sites for hydroxylation is 1. The van der Waals surface area contributed by atoms with Gasteiger partial charge in [-0.1, -0.05) is 0 Å². The van der Waals surface area contributed by atoms with Crippen LogP contribution in [0.25, 0.3) is 22.0 Å². The molecule has 0 aliphatic rings. The highest BCUT2D eigenvalue weighted by atomic mass is 19.1. The fourth-order valence-electron chi connectivity index (χ4n) is 3.55. The molecule has 0 spiro atoms. The van der Waals surface area contributed by atoms with Crippen LogP contribution in [0.3, 0.4) is 0 Å². The highest BCUT2D eigenvalue weighted by Crippen LogP contribution is 2.35. The second kappa shape index (κ2) is 7.11. The first kappa shape index (κ1) is 19.3. The Morgan fingerprint density at radius 2 is 2.03 bits per heavy atom. The number of H-pyrrole nitrogens is 1. The van der Waals surface area contributed by atoms with Crippen molar-refractivity contribution in [3.8, 4) is 11.1 Å². The molecule has 7 nitrogen and oxygen atoms in total. The van der Waals surface area contributed by atoms with Gasteiger partial charge in [0.15, 0.2) is 0 Å². The van der Waals surface area contributed by atoms with Crippen LogP contribution in [0.2, 0.25) is 0 Å². The zero-order valence-corrected chi connectivity index (χ0v) is 15.7. The average molecular weight is 410 g/mol. The summed E-state index contributed by atoms with van der Waals surface area (Å²) in [6.45, 7) is 1.29. The zero-order valence-electron chi connectivity index (χ0n) is 15.7. The number of rotatable bonds is 4. The molecule has 4 rings (SSSR count). The SMILES string of the molecule is Cc1cc2c(-c3ccc[nH]c3=O)c(C(=O)O)n(Cc3cc(N)ncc3F)c2cc1F. The van der Waals surface area contributed by atoms with Gasteiger partial charge in [0, 0.05) is 28.3 Å². The number of nitrogens with zero attached hydrogens (tertiary/aromatic N) is 2. The molecule has 3 heterocycles. The van der Waals surface area contributed by atoms with E-state index in [-0.39, 0.29) is 45.8 Å². The highest BCUT2D eigenvalue weighted by molar-refractivity contribution is 6.08. The van der Waals surface area contributed by atoms with Crippen LogP contribution >= 0.6 is 0 Å². The molecule has 0 unspecified atom stereocenters. The summed E-state index contributed by atoms with van der Waals surface area (Å²) in [4.78, 5) is 30.9. The lowest BCUT2D eigenvalue weighted by Gasteiger charge is -2.11. The number of carboxylic acid groups (broad SMARTS) is 1. The summed E-state index contributed by atoms with van der Waals surface area (Å²) in [5.74, 6) is -2.53. The van der Waals surface area contributed by atoms with Crippen molar-refractivity contribution in [1.82, 2.24) is 14.5 Å².